The third kappa shape index (κ3) is 4.10. The van der Waals surface area contributed by atoms with Crippen molar-refractivity contribution in [2.24, 2.45) is 0 Å². The van der Waals surface area contributed by atoms with Gasteiger partial charge in [-0.3, -0.25) is 35.9 Å². The summed E-state index contributed by atoms with van der Waals surface area (Å²) in [6, 6.07) is 3.45. The van der Waals surface area contributed by atoms with Crippen LogP contribution in [0.2, 0.25) is 5.02 Å². The molecule has 13 heteroatoms. The Hall–Kier alpha value is -3.54. The molecule has 0 radical (unpaired) electrons. The van der Waals surface area contributed by atoms with E-state index in [0.29, 0.717) is 6.54 Å². The number of halogens is 1. The van der Waals surface area contributed by atoms with E-state index in [1.807, 2.05) is 0 Å². The quantitative estimate of drug-likeness (QED) is 0.480. The summed E-state index contributed by atoms with van der Waals surface area (Å²) in [5.74, 6) is -1.05. The van der Waals surface area contributed by atoms with Crippen LogP contribution in [0.5, 0.6) is 0 Å². The molecule has 0 fully saturated rings. The molecule has 0 bridgehead atoms. The van der Waals surface area contributed by atoms with Crippen LogP contribution >= 0.6 is 11.6 Å². The number of aromatic nitrogens is 2. The molecule has 0 aliphatic rings. The number of hydrazine groups is 1. The molecule has 1 heterocycles. The highest BCUT2D eigenvalue weighted by molar-refractivity contribution is 6.32. The van der Waals surface area contributed by atoms with Crippen molar-refractivity contribution in [2.75, 3.05) is 17.3 Å². The van der Waals surface area contributed by atoms with Crippen molar-refractivity contribution >= 4 is 40.5 Å². The number of rotatable bonds is 7. The number of benzene rings is 1. The van der Waals surface area contributed by atoms with Crippen LogP contribution < -0.4 is 16.2 Å². The molecule has 2 rings (SSSR count). The van der Waals surface area contributed by atoms with Crippen LogP contribution in [0, 0.1) is 20.2 Å². The zero-order chi connectivity index (χ0) is 19.3. The average molecular weight is 382 g/mol. The molecule has 0 unspecified atom stereocenters. The Morgan fingerprint density at radius 1 is 1.19 bits per heavy atom. The van der Waals surface area contributed by atoms with E-state index in [4.69, 9.17) is 11.6 Å². The van der Waals surface area contributed by atoms with Crippen molar-refractivity contribution in [3.63, 3.8) is 0 Å². The summed E-state index contributed by atoms with van der Waals surface area (Å²) in [5.41, 5.74) is 3.53. The first kappa shape index (κ1) is 18.8. The predicted molar refractivity (Wildman–Crippen MR) is 92.0 cm³/mol. The van der Waals surface area contributed by atoms with Crippen molar-refractivity contribution in [3.8, 4) is 0 Å². The van der Waals surface area contributed by atoms with E-state index in [9.17, 15) is 25.0 Å². The first-order valence-corrected chi connectivity index (χ1v) is 7.46. The minimum absolute atomic E-state index is 0.0219. The SMILES string of the molecule is CCNc1ncnc(NNC(=O)c2ccc(Cl)c([N+](=O)[O-])c2)c1[N+](=O)[O-]. The maximum absolute atomic E-state index is 12.1. The van der Waals surface area contributed by atoms with E-state index in [1.54, 1.807) is 6.92 Å². The summed E-state index contributed by atoms with van der Waals surface area (Å²) in [7, 11) is 0. The lowest BCUT2D eigenvalue weighted by molar-refractivity contribution is -0.384. The van der Waals surface area contributed by atoms with E-state index in [2.05, 4.69) is 26.1 Å². The van der Waals surface area contributed by atoms with Gasteiger partial charge in [-0.05, 0) is 19.1 Å². The van der Waals surface area contributed by atoms with Crippen molar-refractivity contribution in [3.05, 3.63) is 55.3 Å². The van der Waals surface area contributed by atoms with Gasteiger partial charge in [-0.1, -0.05) is 11.6 Å². The van der Waals surface area contributed by atoms with Crippen LogP contribution in [-0.4, -0.2) is 32.3 Å². The molecule has 1 amide bonds. The Kier molecular flexibility index (Phi) is 5.80. The summed E-state index contributed by atoms with van der Waals surface area (Å²) >= 11 is 5.68. The van der Waals surface area contributed by atoms with E-state index in [1.165, 1.54) is 12.1 Å². The maximum atomic E-state index is 12.1. The van der Waals surface area contributed by atoms with E-state index in [0.717, 1.165) is 12.4 Å². The second-order valence-electron chi connectivity index (χ2n) is 4.71. The largest absolute Gasteiger partial charge is 0.364 e. The van der Waals surface area contributed by atoms with E-state index in [-0.39, 0.29) is 22.2 Å². The first-order chi connectivity index (χ1) is 12.3. The molecule has 1 aromatic heterocycles. The molecule has 0 saturated carbocycles. The van der Waals surface area contributed by atoms with Crippen LogP contribution in [-0.2, 0) is 0 Å². The Morgan fingerprint density at radius 2 is 1.88 bits per heavy atom. The zero-order valence-electron chi connectivity index (χ0n) is 13.2. The fourth-order valence-corrected chi connectivity index (χ4v) is 2.11. The highest BCUT2D eigenvalue weighted by Crippen LogP contribution is 2.28. The van der Waals surface area contributed by atoms with Gasteiger partial charge in [0.15, 0.2) is 0 Å². The van der Waals surface area contributed by atoms with Crippen LogP contribution in [0.1, 0.15) is 17.3 Å². The minimum Gasteiger partial charge on any atom is -0.364 e. The lowest BCUT2D eigenvalue weighted by atomic mass is 10.2. The molecule has 1 aromatic carbocycles. The summed E-state index contributed by atoms with van der Waals surface area (Å²) in [5, 5.41) is 24.7. The Bertz CT molecular complexity index is 876. The van der Waals surface area contributed by atoms with Gasteiger partial charge < -0.3 is 5.32 Å². The zero-order valence-corrected chi connectivity index (χ0v) is 14.0. The Morgan fingerprint density at radius 3 is 2.50 bits per heavy atom. The summed E-state index contributed by atoms with van der Waals surface area (Å²) in [6.07, 6.45) is 1.08. The molecule has 12 nitrogen and oxygen atoms in total. The number of amides is 1. The number of nitrogens with zero attached hydrogens (tertiary/aromatic N) is 4. The Balaban J connectivity index is 2.22. The standard InChI is InChI=1S/C13H12ClN7O5/c1-2-15-11-10(21(25)26)12(17-6-16-11)18-19-13(22)7-3-4-8(14)9(5-7)20(23)24/h3-6H,2H2,1H3,(H,19,22)(H2,15,16,17,18). The molecule has 0 atom stereocenters. The van der Waals surface area contributed by atoms with E-state index >= 15 is 0 Å². The van der Waals surface area contributed by atoms with Gasteiger partial charge in [0.1, 0.15) is 11.3 Å². The van der Waals surface area contributed by atoms with Crippen LogP contribution in [0.4, 0.5) is 23.0 Å². The van der Waals surface area contributed by atoms with E-state index < -0.39 is 27.1 Å². The van der Waals surface area contributed by atoms with Crippen LogP contribution in [0.25, 0.3) is 0 Å². The number of nitrogens with one attached hydrogen (secondary N) is 3. The molecule has 2 aromatic rings. The molecule has 136 valence electrons. The number of nitro benzene ring substituents is 1. The van der Waals surface area contributed by atoms with Crippen molar-refractivity contribution in [2.45, 2.75) is 6.92 Å². The van der Waals surface area contributed by atoms with Gasteiger partial charge in [0.25, 0.3) is 11.6 Å². The van der Waals surface area contributed by atoms with Gasteiger partial charge in [0, 0.05) is 18.2 Å². The number of hydrogen-bond donors (Lipinski definition) is 3. The van der Waals surface area contributed by atoms with Gasteiger partial charge in [-0.2, -0.15) is 0 Å². The molecule has 0 aliphatic heterocycles. The van der Waals surface area contributed by atoms with Gasteiger partial charge >= 0.3 is 5.69 Å². The maximum Gasteiger partial charge on any atom is 0.354 e. The summed E-state index contributed by atoms with van der Waals surface area (Å²) < 4.78 is 0. The highest BCUT2D eigenvalue weighted by atomic mass is 35.5. The fraction of sp³-hybridized carbons (Fsp3) is 0.154. The number of hydrogen-bond acceptors (Lipinski definition) is 9. The van der Waals surface area contributed by atoms with Crippen LogP contribution in [0.3, 0.4) is 0 Å². The highest BCUT2D eigenvalue weighted by Gasteiger charge is 2.23. The van der Waals surface area contributed by atoms with Gasteiger partial charge in [-0.25, -0.2) is 9.97 Å². The fourth-order valence-electron chi connectivity index (χ4n) is 1.92. The van der Waals surface area contributed by atoms with Gasteiger partial charge in [0.2, 0.25) is 11.6 Å². The Labute approximate surface area is 150 Å². The summed E-state index contributed by atoms with van der Waals surface area (Å²) in [4.78, 5) is 40.3. The minimum atomic E-state index is -0.775. The third-order valence-corrected chi connectivity index (χ3v) is 3.37. The topological polar surface area (TPSA) is 165 Å². The monoisotopic (exact) mass is 381 g/mol. The average Bonchev–Trinajstić information content (AvgIpc) is 2.59. The lowest BCUT2D eigenvalue weighted by Gasteiger charge is -2.10. The number of nitro groups is 2. The second kappa shape index (κ2) is 8.02. The lowest BCUT2D eigenvalue weighted by Crippen LogP contribution is -2.30. The number of carbonyl (C=O) groups excluding carboxylic acids is 1. The molecule has 0 aliphatic carbocycles. The molecular formula is C13H12ClN7O5. The predicted octanol–water partition coefficient (Wildman–Crippen LogP) is 2.14. The molecule has 3 N–H and O–H groups in total. The molecule has 0 saturated heterocycles. The van der Waals surface area contributed by atoms with Crippen molar-refractivity contribution < 1.29 is 14.6 Å². The van der Waals surface area contributed by atoms with Crippen molar-refractivity contribution in [1.29, 1.82) is 0 Å². The third-order valence-electron chi connectivity index (χ3n) is 3.05. The molecule has 26 heavy (non-hydrogen) atoms. The molecular weight excluding hydrogens is 370 g/mol. The summed E-state index contributed by atoms with van der Waals surface area (Å²) in [6.45, 7) is 2.12. The van der Waals surface area contributed by atoms with Crippen molar-refractivity contribution in [1.82, 2.24) is 15.4 Å². The van der Waals surface area contributed by atoms with Crippen LogP contribution in [0.15, 0.2) is 24.5 Å². The normalized spacial score (nSPS) is 10.1. The van der Waals surface area contributed by atoms with Gasteiger partial charge in [0.05, 0.1) is 9.85 Å². The second-order valence-corrected chi connectivity index (χ2v) is 5.12. The number of carbonyl (C=O) groups is 1. The first-order valence-electron chi connectivity index (χ1n) is 7.08. The number of anilines is 2. The molecule has 0 spiro atoms. The van der Waals surface area contributed by atoms with Gasteiger partial charge in [-0.15, -0.1) is 0 Å². The smallest absolute Gasteiger partial charge is 0.354 e.